The minimum Gasteiger partial charge on any atom is -0.351 e. The lowest BCUT2D eigenvalue weighted by atomic mass is 10.1. The topological polar surface area (TPSA) is 74.3 Å². The van der Waals surface area contributed by atoms with Crippen molar-refractivity contribution in [3.05, 3.63) is 70.4 Å². The van der Waals surface area contributed by atoms with Crippen molar-refractivity contribution in [1.29, 1.82) is 0 Å². The lowest BCUT2D eigenvalue weighted by Crippen LogP contribution is -2.37. The van der Waals surface area contributed by atoms with Gasteiger partial charge in [0.1, 0.15) is 5.82 Å². The van der Waals surface area contributed by atoms with Crippen molar-refractivity contribution >= 4 is 40.5 Å². The van der Waals surface area contributed by atoms with Gasteiger partial charge in [-0.1, -0.05) is 35.9 Å². The molecule has 0 aliphatic carbocycles. The van der Waals surface area contributed by atoms with Gasteiger partial charge in [-0.05, 0) is 62.3 Å². The number of likely N-dealkylation sites (tertiary alicyclic amines) is 1. The molecule has 2 N–H and O–H groups in total. The fourth-order valence-electron chi connectivity index (χ4n) is 3.93. The van der Waals surface area contributed by atoms with Crippen LogP contribution < -0.4 is 10.6 Å². The highest BCUT2D eigenvalue weighted by atomic mass is 35.5. The number of amides is 2. The SMILES string of the molecule is O=CNc1ncc2ccc(Cl)cc2c1C#Cc1ccc(C(=O)NCCN2CCCCC2)cc1. The lowest BCUT2D eigenvalue weighted by molar-refractivity contribution is -0.105. The summed E-state index contributed by atoms with van der Waals surface area (Å²) in [5.74, 6) is 6.49. The van der Waals surface area contributed by atoms with E-state index < -0.39 is 0 Å². The molecule has 1 saturated heterocycles. The average molecular weight is 461 g/mol. The largest absolute Gasteiger partial charge is 0.351 e. The number of nitrogens with zero attached hydrogens (tertiary/aromatic N) is 2. The highest BCUT2D eigenvalue weighted by molar-refractivity contribution is 6.31. The smallest absolute Gasteiger partial charge is 0.251 e. The van der Waals surface area contributed by atoms with E-state index in [1.165, 1.54) is 19.3 Å². The predicted molar refractivity (Wildman–Crippen MR) is 131 cm³/mol. The molecule has 1 aliphatic heterocycles. The molecule has 1 aromatic heterocycles. The monoisotopic (exact) mass is 460 g/mol. The molecule has 2 amide bonds. The van der Waals surface area contributed by atoms with E-state index in [4.69, 9.17) is 11.6 Å². The van der Waals surface area contributed by atoms with Gasteiger partial charge in [0.15, 0.2) is 0 Å². The number of pyridine rings is 1. The summed E-state index contributed by atoms with van der Waals surface area (Å²) in [5.41, 5.74) is 1.93. The summed E-state index contributed by atoms with van der Waals surface area (Å²) in [4.78, 5) is 30.1. The Morgan fingerprint density at radius 2 is 1.88 bits per heavy atom. The molecule has 3 aromatic rings. The number of aromatic nitrogens is 1. The number of hydrogen-bond acceptors (Lipinski definition) is 4. The number of fused-ring (bicyclic) bond motifs is 1. The van der Waals surface area contributed by atoms with Gasteiger partial charge >= 0.3 is 0 Å². The Hall–Kier alpha value is -3.40. The molecule has 0 bridgehead atoms. The van der Waals surface area contributed by atoms with Crippen LogP contribution in [-0.2, 0) is 4.79 Å². The Bertz CT molecular complexity index is 1210. The van der Waals surface area contributed by atoms with Crippen LogP contribution in [0, 0.1) is 11.8 Å². The molecule has 2 aromatic carbocycles. The first-order chi connectivity index (χ1) is 16.1. The summed E-state index contributed by atoms with van der Waals surface area (Å²) in [6.45, 7) is 3.76. The second kappa shape index (κ2) is 11.0. The number of carbonyl (C=O) groups is 2. The zero-order chi connectivity index (χ0) is 23.0. The summed E-state index contributed by atoms with van der Waals surface area (Å²) in [6, 6.07) is 12.6. The molecule has 6 nitrogen and oxygen atoms in total. The highest BCUT2D eigenvalue weighted by Gasteiger charge is 2.11. The number of rotatable bonds is 6. The summed E-state index contributed by atoms with van der Waals surface area (Å²) in [6.07, 6.45) is 6.03. The Morgan fingerprint density at radius 1 is 1.09 bits per heavy atom. The fraction of sp³-hybridized carbons (Fsp3) is 0.269. The Morgan fingerprint density at radius 3 is 2.64 bits per heavy atom. The molecular weight excluding hydrogens is 436 g/mol. The quantitative estimate of drug-likeness (QED) is 0.429. The van der Waals surface area contributed by atoms with E-state index in [2.05, 4.69) is 32.4 Å². The zero-order valence-electron chi connectivity index (χ0n) is 18.2. The first-order valence-electron chi connectivity index (χ1n) is 11.0. The maximum atomic E-state index is 12.4. The van der Waals surface area contributed by atoms with Crippen LogP contribution in [0.3, 0.4) is 0 Å². The Kier molecular flexibility index (Phi) is 7.56. The van der Waals surface area contributed by atoms with E-state index in [1.807, 2.05) is 18.2 Å². The molecule has 0 radical (unpaired) electrons. The number of nitrogens with one attached hydrogen (secondary N) is 2. The van der Waals surface area contributed by atoms with E-state index in [-0.39, 0.29) is 5.91 Å². The van der Waals surface area contributed by atoms with Crippen LogP contribution in [-0.4, -0.2) is 48.4 Å². The van der Waals surface area contributed by atoms with Gasteiger partial charge in [0.05, 0.1) is 5.56 Å². The Balaban J connectivity index is 1.46. The molecule has 4 rings (SSSR count). The van der Waals surface area contributed by atoms with E-state index >= 15 is 0 Å². The van der Waals surface area contributed by atoms with Crippen LogP contribution >= 0.6 is 11.6 Å². The molecule has 0 spiro atoms. The maximum absolute atomic E-state index is 12.4. The average Bonchev–Trinajstić information content (AvgIpc) is 2.84. The first kappa shape index (κ1) is 22.8. The third-order valence-corrected chi connectivity index (χ3v) is 5.93. The number of carbonyl (C=O) groups excluding carboxylic acids is 2. The molecule has 168 valence electrons. The normalized spacial score (nSPS) is 13.7. The van der Waals surface area contributed by atoms with E-state index in [0.717, 1.165) is 36.0 Å². The molecule has 7 heteroatoms. The predicted octanol–water partition coefficient (Wildman–Crippen LogP) is 4.07. The minimum absolute atomic E-state index is 0.0862. The van der Waals surface area contributed by atoms with Gasteiger partial charge in [-0.2, -0.15) is 0 Å². The minimum atomic E-state index is -0.0862. The number of anilines is 1. The fourth-order valence-corrected chi connectivity index (χ4v) is 4.10. The van der Waals surface area contributed by atoms with E-state index in [9.17, 15) is 9.59 Å². The van der Waals surface area contributed by atoms with Crippen molar-refractivity contribution in [2.24, 2.45) is 0 Å². The molecule has 2 heterocycles. The van der Waals surface area contributed by atoms with E-state index in [0.29, 0.717) is 34.9 Å². The van der Waals surface area contributed by atoms with Gasteiger partial charge in [-0.3, -0.25) is 9.59 Å². The summed E-state index contributed by atoms with van der Waals surface area (Å²) in [7, 11) is 0. The van der Waals surface area contributed by atoms with Crippen LogP contribution in [0.25, 0.3) is 10.8 Å². The van der Waals surface area contributed by atoms with Gasteiger partial charge < -0.3 is 15.5 Å². The van der Waals surface area contributed by atoms with Gasteiger partial charge in [0, 0.05) is 46.2 Å². The summed E-state index contributed by atoms with van der Waals surface area (Å²) < 4.78 is 0. The Labute approximate surface area is 198 Å². The number of benzene rings is 2. The third kappa shape index (κ3) is 5.89. The van der Waals surface area contributed by atoms with Crippen molar-refractivity contribution < 1.29 is 9.59 Å². The first-order valence-corrected chi connectivity index (χ1v) is 11.4. The number of halogens is 1. The van der Waals surface area contributed by atoms with Gasteiger partial charge in [-0.25, -0.2) is 4.98 Å². The van der Waals surface area contributed by atoms with Crippen LogP contribution in [0.15, 0.2) is 48.7 Å². The van der Waals surface area contributed by atoms with Crippen LogP contribution in [0.1, 0.15) is 40.7 Å². The molecule has 0 saturated carbocycles. The van der Waals surface area contributed by atoms with Crippen molar-refractivity contribution in [3.8, 4) is 11.8 Å². The van der Waals surface area contributed by atoms with Crippen molar-refractivity contribution in [2.45, 2.75) is 19.3 Å². The standard InChI is InChI=1S/C26H25ClN4O2/c27-22-10-9-21-17-29-25(30-18-32)23(24(21)16-22)11-6-19-4-7-20(8-5-19)26(33)28-12-15-31-13-2-1-3-14-31/h4-5,7-10,16-18H,1-3,12-15H2,(H,28,33)(H,29,30,32). The summed E-state index contributed by atoms with van der Waals surface area (Å²) in [5, 5.41) is 7.84. The second-order valence-electron chi connectivity index (χ2n) is 7.96. The molecule has 0 unspecified atom stereocenters. The molecule has 33 heavy (non-hydrogen) atoms. The molecular formula is C26H25ClN4O2. The second-order valence-corrected chi connectivity index (χ2v) is 8.40. The zero-order valence-corrected chi connectivity index (χ0v) is 19.0. The maximum Gasteiger partial charge on any atom is 0.251 e. The molecule has 0 atom stereocenters. The van der Waals surface area contributed by atoms with Crippen LogP contribution in [0.5, 0.6) is 0 Å². The lowest BCUT2D eigenvalue weighted by Gasteiger charge is -2.26. The van der Waals surface area contributed by atoms with Crippen molar-refractivity contribution in [3.63, 3.8) is 0 Å². The van der Waals surface area contributed by atoms with Crippen LogP contribution in [0.4, 0.5) is 5.82 Å². The van der Waals surface area contributed by atoms with Gasteiger partial charge in [-0.15, -0.1) is 0 Å². The molecule has 1 aliphatic rings. The third-order valence-electron chi connectivity index (χ3n) is 5.69. The highest BCUT2D eigenvalue weighted by Crippen LogP contribution is 2.26. The number of piperidine rings is 1. The molecule has 1 fully saturated rings. The van der Waals surface area contributed by atoms with Crippen molar-refractivity contribution in [1.82, 2.24) is 15.2 Å². The van der Waals surface area contributed by atoms with Gasteiger partial charge in [0.2, 0.25) is 6.41 Å². The van der Waals surface area contributed by atoms with Crippen LogP contribution in [0.2, 0.25) is 5.02 Å². The number of hydrogen-bond donors (Lipinski definition) is 2. The van der Waals surface area contributed by atoms with Crippen molar-refractivity contribution in [2.75, 3.05) is 31.5 Å². The van der Waals surface area contributed by atoms with E-state index in [1.54, 1.807) is 30.5 Å². The van der Waals surface area contributed by atoms with Gasteiger partial charge in [0.25, 0.3) is 5.91 Å². The summed E-state index contributed by atoms with van der Waals surface area (Å²) >= 11 is 6.17.